The first-order valence-electron chi connectivity index (χ1n) is 9.28. The number of rotatable bonds is 8. The van der Waals surface area contributed by atoms with Crippen molar-refractivity contribution in [2.24, 2.45) is 5.92 Å². The van der Waals surface area contributed by atoms with Crippen LogP contribution < -0.4 is 25.6 Å². The summed E-state index contributed by atoms with van der Waals surface area (Å²) in [5, 5.41) is 3.17. The molecule has 0 aliphatic rings. The molecule has 0 saturated carbocycles. The molecule has 0 atom stereocenters. The van der Waals surface area contributed by atoms with Crippen molar-refractivity contribution in [1.82, 2.24) is 16.2 Å². The fourth-order valence-corrected chi connectivity index (χ4v) is 2.47. The van der Waals surface area contributed by atoms with Crippen LogP contribution in [0.15, 0.2) is 42.5 Å². The van der Waals surface area contributed by atoms with Crippen molar-refractivity contribution in [2.75, 3.05) is 13.7 Å². The van der Waals surface area contributed by atoms with E-state index in [1.807, 2.05) is 0 Å². The molecule has 6 nitrogen and oxygen atoms in total. The van der Waals surface area contributed by atoms with Crippen LogP contribution in [0.2, 0.25) is 0 Å². The lowest BCUT2D eigenvalue weighted by Crippen LogP contribution is -2.46. The van der Waals surface area contributed by atoms with Gasteiger partial charge in [0.2, 0.25) is 0 Å². The van der Waals surface area contributed by atoms with Crippen LogP contribution in [0, 0.1) is 11.7 Å². The quantitative estimate of drug-likeness (QED) is 0.449. The Morgan fingerprint density at radius 3 is 2.48 bits per heavy atom. The van der Waals surface area contributed by atoms with Crippen LogP contribution in [0.5, 0.6) is 11.5 Å². The zero-order valence-electron chi connectivity index (χ0n) is 16.8. The van der Waals surface area contributed by atoms with E-state index in [1.54, 1.807) is 30.3 Å². The lowest BCUT2D eigenvalue weighted by molar-refractivity contribution is 0.0943. The molecular formula is C21H26FN3O3S. The molecule has 0 fully saturated rings. The summed E-state index contributed by atoms with van der Waals surface area (Å²) in [6.07, 6.45) is 0.928. The maximum atomic E-state index is 12.9. The van der Waals surface area contributed by atoms with E-state index in [0.717, 1.165) is 12.0 Å². The van der Waals surface area contributed by atoms with Gasteiger partial charge < -0.3 is 14.8 Å². The third-order valence-electron chi connectivity index (χ3n) is 4.03. The Balaban J connectivity index is 1.84. The summed E-state index contributed by atoms with van der Waals surface area (Å²) in [6, 6.07) is 11.0. The van der Waals surface area contributed by atoms with Crippen molar-refractivity contribution in [1.29, 1.82) is 0 Å². The molecule has 0 aliphatic heterocycles. The minimum atomic E-state index is -0.372. The average Bonchev–Trinajstić information content (AvgIpc) is 2.71. The van der Waals surface area contributed by atoms with Gasteiger partial charge in [-0.25, -0.2) is 4.39 Å². The van der Waals surface area contributed by atoms with Crippen molar-refractivity contribution in [3.8, 4) is 11.5 Å². The van der Waals surface area contributed by atoms with Gasteiger partial charge in [0.05, 0.1) is 13.7 Å². The molecule has 0 aliphatic carbocycles. The fraction of sp³-hybridized carbons (Fsp3) is 0.333. The lowest BCUT2D eigenvalue weighted by Gasteiger charge is -2.14. The number of carbonyl (C=O) groups excluding carboxylic acids is 1. The van der Waals surface area contributed by atoms with E-state index in [-0.39, 0.29) is 16.8 Å². The third-order valence-corrected chi connectivity index (χ3v) is 4.28. The molecule has 2 aromatic rings. The molecular weight excluding hydrogens is 393 g/mol. The Labute approximate surface area is 175 Å². The topological polar surface area (TPSA) is 71.6 Å². The van der Waals surface area contributed by atoms with Crippen LogP contribution >= 0.6 is 12.2 Å². The molecule has 0 heterocycles. The Bertz CT molecular complexity index is 828. The van der Waals surface area contributed by atoms with Crippen LogP contribution in [-0.4, -0.2) is 24.7 Å². The molecule has 2 aromatic carbocycles. The third kappa shape index (κ3) is 7.57. The van der Waals surface area contributed by atoms with Gasteiger partial charge in [0, 0.05) is 12.1 Å². The first-order chi connectivity index (χ1) is 13.9. The van der Waals surface area contributed by atoms with Crippen LogP contribution in [0.1, 0.15) is 36.2 Å². The Kier molecular flexibility index (Phi) is 8.67. The summed E-state index contributed by atoms with van der Waals surface area (Å²) < 4.78 is 24.0. The first-order valence-corrected chi connectivity index (χ1v) is 9.69. The van der Waals surface area contributed by atoms with Gasteiger partial charge in [-0.2, -0.15) is 0 Å². The molecule has 3 N–H and O–H groups in total. The van der Waals surface area contributed by atoms with E-state index in [1.165, 1.54) is 19.2 Å². The van der Waals surface area contributed by atoms with E-state index < -0.39 is 0 Å². The first kappa shape index (κ1) is 22.4. The highest BCUT2D eigenvalue weighted by Crippen LogP contribution is 2.28. The molecule has 8 heteroatoms. The van der Waals surface area contributed by atoms with E-state index in [0.29, 0.717) is 36.1 Å². The molecule has 0 saturated heterocycles. The monoisotopic (exact) mass is 419 g/mol. The predicted molar refractivity (Wildman–Crippen MR) is 114 cm³/mol. The van der Waals surface area contributed by atoms with Gasteiger partial charge in [-0.05, 0) is 60.5 Å². The van der Waals surface area contributed by atoms with Crippen molar-refractivity contribution < 1.29 is 18.7 Å². The lowest BCUT2D eigenvalue weighted by atomic mass is 10.1. The Hall–Kier alpha value is -2.87. The second-order valence-corrected chi connectivity index (χ2v) is 7.19. The van der Waals surface area contributed by atoms with Gasteiger partial charge in [0.25, 0.3) is 5.91 Å². The number of benzene rings is 2. The number of halogens is 1. The maximum absolute atomic E-state index is 12.9. The summed E-state index contributed by atoms with van der Waals surface area (Å²) in [6.45, 7) is 5.23. The van der Waals surface area contributed by atoms with E-state index in [2.05, 4.69) is 30.0 Å². The number of thiocarbonyl (C=S) groups is 1. The summed E-state index contributed by atoms with van der Waals surface area (Å²) in [5.74, 6) is 0.946. The largest absolute Gasteiger partial charge is 0.493 e. The van der Waals surface area contributed by atoms with Gasteiger partial charge in [-0.1, -0.05) is 26.0 Å². The summed E-state index contributed by atoms with van der Waals surface area (Å²) in [7, 11) is 1.53. The molecule has 0 unspecified atom stereocenters. The highest BCUT2D eigenvalue weighted by molar-refractivity contribution is 7.80. The van der Waals surface area contributed by atoms with Crippen molar-refractivity contribution in [3.63, 3.8) is 0 Å². The molecule has 0 bridgehead atoms. The second kappa shape index (κ2) is 11.2. The standard InChI is InChI=1S/C21H26FN3O3S/c1-14(2)10-11-28-18-9-6-16(12-19(18)27-3)20(26)24-25-21(29)23-13-15-4-7-17(22)8-5-15/h4-9,12,14H,10-11,13H2,1-3H3,(H,24,26)(H2,23,25,29). The molecule has 29 heavy (non-hydrogen) atoms. The minimum absolute atomic E-state index is 0.239. The van der Waals surface area contributed by atoms with Crippen molar-refractivity contribution in [3.05, 3.63) is 59.4 Å². The Morgan fingerprint density at radius 1 is 1.10 bits per heavy atom. The van der Waals surface area contributed by atoms with Gasteiger partial charge in [-0.15, -0.1) is 0 Å². The van der Waals surface area contributed by atoms with Gasteiger partial charge in [0.15, 0.2) is 16.6 Å². The SMILES string of the molecule is COc1cc(C(=O)NNC(=S)NCc2ccc(F)cc2)ccc1OCCC(C)C. The van der Waals surface area contributed by atoms with E-state index in [4.69, 9.17) is 21.7 Å². The molecule has 1 amide bonds. The number of amides is 1. The number of ether oxygens (including phenoxy) is 2. The Morgan fingerprint density at radius 2 is 1.83 bits per heavy atom. The molecule has 0 spiro atoms. The summed E-state index contributed by atoms with van der Waals surface area (Å²) in [4.78, 5) is 12.3. The summed E-state index contributed by atoms with van der Waals surface area (Å²) in [5.41, 5.74) is 6.42. The van der Waals surface area contributed by atoms with Gasteiger partial charge >= 0.3 is 0 Å². The number of hydrogen-bond acceptors (Lipinski definition) is 4. The average molecular weight is 420 g/mol. The molecule has 0 radical (unpaired) electrons. The van der Waals surface area contributed by atoms with E-state index in [9.17, 15) is 9.18 Å². The van der Waals surface area contributed by atoms with Crippen LogP contribution in [0.4, 0.5) is 4.39 Å². The highest BCUT2D eigenvalue weighted by atomic mass is 32.1. The van der Waals surface area contributed by atoms with Gasteiger partial charge in [0.1, 0.15) is 5.82 Å². The number of methoxy groups -OCH3 is 1. The number of carbonyl (C=O) groups is 1. The number of nitrogens with one attached hydrogen (secondary N) is 3. The zero-order valence-corrected chi connectivity index (χ0v) is 17.6. The molecule has 0 aromatic heterocycles. The molecule has 2 rings (SSSR count). The second-order valence-electron chi connectivity index (χ2n) is 6.78. The van der Waals surface area contributed by atoms with Crippen LogP contribution in [0.3, 0.4) is 0 Å². The zero-order chi connectivity index (χ0) is 21.2. The number of hydrazine groups is 1. The van der Waals surface area contributed by atoms with Crippen molar-refractivity contribution >= 4 is 23.2 Å². The normalized spacial score (nSPS) is 10.4. The van der Waals surface area contributed by atoms with Gasteiger partial charge in [-0.3, -0.25) is 15.6 Å². The maximum Gasteiger partial charge on any atom is 0.269 e. The highest BCUT2D eigenvalue weighted by Gasteiger charge is 2.12. The fourth-order valence-electron chi connectivity index (χ4n) is 2.35. The minimum Gasteiger partial charge on any atom is -0.493 e. The van der Waals surface area contributed by atoms with Crippen LogP contribution in [0.25, 0.3) is 0 Å². The number of hydrogen-bond donors (Lipinski definition) is 3. The smallest absolute Gasteiger partial charge is 0.269 e. The molecule has 156 valence electrons. The van der Waals surface area contributed by atoms with E-state index >= 15 is 0 Å². The summed E-state index contributed by atoms with van der Waals surface area (Å²) >= 11 is 5.13. The predicted octanol–water partition coefficient (Wildman–Crippen LogP) is 3.57. The van der Waals surface area contributed by atoms with Crippen LogP contribution in [-0.2, 0) is 6.54 Å². The van der Waals surface area contributed by atoms with Crippen molar-refractivity contribution in [2.45, 2.75) is 26.8 Å².